The van der Waals surface area contributed by atoms with E-state index in [0.29, 0.717) is 12.2 Å². The summed E-state index contributed by atoms with van der Waals surface area (Å²) in [6.07, 6.45) is 0. The van der Waals surface area contributed by atoms with Crippen molar-refractivity contribution in [1.29, 1.82) is 0 Å². The van der Waals surface area contributed by atoms with Crippen molar-refractivity contribution in [2.24, 2.45) is 0 Å². The Morgan fingerprint density at radius 1 is 1.26 bits per heavy atom. The van der Waals surface area contributed by atoms with Crippen molar-refractivity contribution >= 4 is 15.7 Å². The van der Waals surface area contributed by atoms with Gasteiger partial charge < -0.3 is 5.32 Å². The zero-order chi connectivity index (χ0) is 13.7. The van der Waals surface area contributed by atoms with Crippen molar-refractivity contribution in [2.75, 3.05) is 43.2 Å². The van der Waals surface area contributed by atoms with E-state index in [-0.39, 0.29) is 5.75 Å². The maximum atomic E-state index is 12.0. The average Bonchev–Trinajstić information content (AvgIpc) is 2.40. The van der Waals surface area contributed by atoms with Crippen molar-refractivity contribution in [1.82, 2.24) is 10.2 Å². The van der Waals surface area contributed by atoms with E-state index in [1.165, 1.54) is 0 Å². The summed E-state index contributed by atoms with van der Waals surface area (Å²) in [4.78, 5) is 2.17. The fraction of sp³-hybridized carbons (Fsp3) is 0.538. The van der Waals surface area contributed by atoms with E-state index in [9.17, 15) is 8.42 Å². The van der Waals surface area contributed by atoms with Crippen molar-refractivity contribution in [3.8, 4) is 0 Å². The second-order valence-electron chi connectivity index (χ2n) is 4.83. The molecular formula is C13H21N3O2S. The van der Waals surface area contributed by atoms with Crippen LogP contribution in [0.15, 0.2) is 24.3 Å². The molecule has 106 valence electrons. The molecule has 2 rings (SSSR count). The standard InChI is InChI=1S/C13H21N3O2S/c1-12-4-2-3-5-13(12)15-19(17,18)11-10-16-8-6-14-7-9-16/h2-5,14-15H,6-11H2,1H3. The number of benzene rings is 1. The Kier molecular flexibility index (Phi) is 4.79. The summed E-state index contributed by atoms with van der Waals surface area (Å²) < 4.78 is 26.7. The number of sulfonamides is 1. The third-order valence-corrected chi connectivity index (χ3v) is 4.55. The lowest BCUT2D eigenvalue weighted by Crippen LogP contribution is -2.45. The molecule has 5 nitrogen and oxygen atoms in total. The number of hydrogen-bond donors (Lipinski definition) is 2. The van der Waals surface area contributed by atoms with Gasteiger partial charge in [0.25, 0.3) is 0 Å². The van der Waals surface area contributed by atoms with Crippen LogP contribution in [0.3, 0.4) is 0 Å². The fourth-order valence-corrected chi connectivity index (χ4v) is 3.25. The molecule has 1 saturated heterocycles. The highest BCUT2D eigenvalue weighted by molar-refractivity contribution is 7.92. The SMILES string of the molecule is Cc1ccccc1NS(=O)(=O)CCN1CCNCC1. The maximum absolute atomic E-state index is 12.0. The van der Waals surface area contributed by atoms with Crippen LogP contribution >= 0.6 is 0 Å². The summed E-state index contributed by atoms with van der Waals surface area (Å²) in [5.41, 5.74) is 1.61. The molecule has 0 atom stereocenters. The number of piperazine rings is 1. The van der Waals surface area contributed by atoms with Gasteiger partial charge in [-0.3, -0.25) is 9.62 Å². The summed E-state index contributed by atoms with van der Waals surface area (Å²) in [5, 5.41) is 3.25. The molecular weight excluding hydrogens is 262 g/mol. The minimum atomic E-state index is -3.27. The maximum Gasteiger partial charge on any atom is 0.233 e. The van der Waals surface area contributed by atoms with Gasteiger partial charge in [-0.1, -0.05) is 18.2 Å². The molecule has 0 aromatic heterocycles. The van der Waals surface area contributed by atoms with Crippen molar-refractivity contribution < 1.29 is 8.42 Å². The number of nitrogens with one attached hydrogen (secondary N) is 2. The van der Waals surface area contributed by atoms with Gasteiger partial charge >= 0.3 is 0 Å². The first-order valence-electron chi connectivity index (χ1n) is 6.56. The average molecular weight is 283 g/mol. The van der Waals surface area contributed by atoms with Crippen molar-refractivity contribution in [3.63, 3.8) is 0 Å². The summed E-state index contributed by atoms with van der Waals surface area (Å²) in [6, 6.07) is 7.42. The van der Waals surface area contributed by atoms with Crippen molar-refractivity contribution in [2.45, 2.75) is 6.92 Å². The highest BCUT2D eigenvalue weighted by atomic mass is 32.2. The topological polar surface area (TPSA) is 61.4 Å². The highest BCUT2D eigenvalue weighted by Crippen LogP contribution is 2.15. The van der Waals surface area contributed by atoms with Gasteiger partial charge in [-0.15, -0.1) is 0 Å². The molecule has 0 bridgehead atoms. The van der Waals surface area contributed by atoms with E-state index in [1.54, 1.807) is 6.07 Å². The van der Waals surface area contributed by atoms with E-state index in [1.807, 2.05) is 25.1 Å². The number of nitrogens with zero attached hydrogens (tertiary/aromatic N) is 1. The molecule has 0 radical (unpaired) electrons. The minimum Gasteiger partial charge on any atom is -0.314 e. The molecule has 6 heteroatoms. The third kappa shape index (κ3) is 4.49. The molecule has 2 N–H and O–H groups in total. The van der Waals surface area contributed by atoms with Crippen LogP contribution in [0.2, 0.25) is 0 Å². The molecule has 1 fully saturated rings. The summed E-state index contributed by atoms with van der Waals surface area (Å²) in [6.45, 7) is 6.19. The summed E-state index contributed by atoms with van der Waals surface area (Å²) in [7, 11) is -3.27. The largest absolute Gasteiger partial charge is 0.314 e. The lowest BCUT2D eigenvalue weighted by atomic mass is 10.2. The van der Waals surface area contributed by atoms with Gasteiger partial charge in [0.15, 0.2) is 0 Å². The monoisotopic (exact) mass is 283 g/mol. The minimum absolute atomic E-state index is 0.140. The van der Waals surface area contributed by atoms with Gasteiger partial charge in [-0.05, 0) is 18.6 Å². The van der Waals surface area contributed by atoms with Crippen LogP contribution in [0.5, 0.6) is 0 Å². The molecule has 1 aliphatic rings. The van der Waals surface area contributed by atoms with Gasteiger partial charge in [0.2, 0.25) is 10.0 Å². The molecule has 0 unspecified atom stereocenters. The zero-order valence-corrected chi connectivity index (χ0v) is 12.0. The molecule has 1 heterocycles. The lowest BCUT2D eigenvalue weighted by molar-refractivity contribution is 0.254. The molecule has 0 aliphatic carbocycles. The second-order valence-corrected chi connectivity index (χ2v) is 6.67. The highest BCUT2D eigenvalue weighted by Gasteiger charge is 2.15. The van der Waals surface area contributed by atoms with Crippen LogP contribution < -0.4 is 10.0 Å². The van der Waals surface area contributed by atoms with E-state index >= 15 is 0 Å². The van der Waals surface area contributed by atoms with Gasteiger partial charge in [0.1, 0.15) is 0 Å². The first kappa shape index (κ1) is 14.3. The predicted molar refractivity (Wildman–Crippen MR) is 77.9 cm³/mol. The summed E-state index contributed by atoms with van der Waals surface area (Å²) >= 11 is 0. The van der Waals surface area contributed by atoms with Crippen LogP contribution in [-0.2, 0) is 10.0 Å². The number of hydrogen-bond acceptors (Lipinski definition) is 4. The van der Waals surface area contributed by atoms with Crippen LogP contribution in [0.4, 0.5) is 5.69 Å². The quantitative estimate of drug-likeness (QED) is 0.832. The predicted octanol–water partition coefficient (Wildman–Crippen LogP) is 0.642. The van der Waals surface area contributed by atoms with Crippen LogP contribution in [0.1, 0.15) is 5.56 Å². The van der Waals surface area contributed by atoms with E-state index in [2.05, 4.69) is 14.9 Å². The summed E-state index contributed by atoms with van der Waals surface area (Å²) in [5.74, 6) is 0.140. The van der Waals surface area contributed by atoms with Gasteiger partial charge in [-0.25, -0.2) is 8.42 Å². The fourth-order valence-electron chi connectivity index (χ4n) is 2.09. The molecule has 1 aromatic rings. The number of para-hydroxylation sites is 1. The molecule has 1 aliphatic heterocycles. The van der Waals surface area contributed by atoms with Crippen molar-refractivity contribution in [3.05, 3.63) is 29.8 Å². The molecule has 19 heavy (non-hydrogen) atoms. The van der Waals surface area contributed by atoms with Crippen LogP contribution in [0.25, 0.3) is 0 Å². The number of anilines is 1. The third-order valence-electron chi connectivity index (χ3n) is 3.30. The normalized spacial score (nSPS) is 17.3. The molecule has 0 saturated carbocycles. The second kappa shape index (κ2) is 6.36. The van der Waals surface area contributed by atoms with E-state index in [0.717, 1.165) is 31.7 Å². The molecule has 0 amide bonds. The molecule has 1 aromatic carbocycles. The van der Waals surface area contributed by atoms with Gasteiger partial charge in [-0.2, -0.15) is 0 Å². The Hall–Kier alpha value is -1.11. The Morgan fingerprint density at radius 3 is 2.63 bits per heavy atom. The smallest absolute Gasteiger partial charge is 0.233 e. The van der Waals surface area contributed by atoms with Crippen LogP contribution in [-0.4, -0.2) is 51.8 Å². The van der Waals surface area contributed by atoms with Gasteiger partial charge in [0, 0.05) is 32.7 Å². The number of rotatable bonds is 5. The van der Waals surface area contributed by atoms with E-state index in [4.69, 9.17) is 0 Å². The Balaban J connectivity index is 1.90. The Morgan fingerprint density at radius 2 is 1.95 bits per heavy atom. The Labute approximate surface area is 115 Å². The van der Waals surface area contributed by atoms with E-state index < -0.39 is 10.0 Å². The Bertz CT molecular complexity index is 510. The first-order chi connectivity index (χ1) is 9.07. The van der Waals surface area contributed by atoms with Crippen LogP contribution in [0, 0.1) is 6.92 Å². The lowest BCUT2D eigenvalue weighted by Gasteiger charge is -2.27. The van der Waals surface area contributed by atoms with Gasteiger partial charge in [0.05, 0.1) is 11.4 Å². The first-order valence-corrected chi connectivity index (χ1v) is 8.21. The number of aryl methyl sites for hydroxylation is 1. The zero-order valence-electron chi connectivity index (χ0n) is 11.2. The molecule has 0 spiro atoms.